The summed E-state index contributed by atoms with van der Waals surface area (Å²) in [5.41, 5.74) is 7.91. The zero-order valence-electron chi connectivity index (χ0n) is 38.7. The Morgan fingerprint density at radius 1 is 0.561 bits per heavy atom. The molecule has 0 bridgehead atoms. The molecule has 0 atom stereocenters. The number of thiophene rings is 1. The Morgan fingerprint density at radius 2 is 1.15 bits per heavy atom. The first-order valence-electron chi connectivity index (χ1n) is 24.3. The monoisotopic (exact) mass is 905 g/mol. The summed E-state index contributed by atoms with van der Waals surface area (Å²) in [6.45, 7) is 13.6. The molecule has 2 aliphatic heterocycles. The molecule has 0 spiro atoms. The molecule has 0 radical (unpaired) electrons. The largest absolute Gasteiger partial charge is 0.381 e. The number of hydrogen-bond acceptors (Lipinski definition) is 9. The van der Waals surface area contributed by atoms with Crippen LogP contribution in [0.4, 0.5) is 0 Å². The van der Waals surface area contributed by atoms with Gasteiger partial charge in [-0.25, -0.2) is 9.97 Å². The Morgan fingerprint density at radius 3 is 1.79 bits per heavy atom. The van der Waals surface area contributed by atoms with Crippen molar-refractivity contribution >= 4 is 64.2 Å². The number of nitrogens with zero attached hydrogens (tertiary/aromatic N) is 3. The molecule has 8 aromatic rings. The molecule has 344 valence electrons. The second kappa shape index (κ2) is 20.6. The third-order valence-electron chi connectivity index (χ3n) is 14.0. The summed E-state index contributed by atoms with van der Waals surface area (Å²) in [4.78, 5) is 10.6. The maximum Gasteiger partial charge on any atom is 0.235 e. The topological polar surface area (TPSA) is 86.1 Å². The molecule has 0 N–H and O–H groups in total. The van der Waals surface area contributed by atoms with E-state index in [4.69, 9.17) is 38.4 Å². The van der Waals surface area contributed by atoms with Gasteiger partial charge >= 0.3 is 0 Å². The fourth-order valence-corrected chi connectivity index (χ4v) is 10.7. The third kappa shape index (κ3) is 9.52. The zero-order valence-corrected chi connectivity index (χ0v) is 39.5. The molecule has 0 amide bonds. The molecule has 0 aliphatic carbocycles. The number of fused-ring (bicyclic) bond motifs is 8. The van der Waals surface area contributed by atoms with E-state index in [9.17, 15) is 0 Å². The average molecular weight is 906 g/mol. The number of unbranched alkanes of at least 4 members (excludes halogenated alkanes) is 4. The van der Waals surface area contributed by atoms with E-state index < -0.39 is 0 Å². The molecular formula is C56H63N3O6S. The van der Waals surface area contributed by atoms with Crippen molar-refractivity contribution in [3.63, 3.8) is 0 Å². The summed E-state index contributed by atoms with van der Waals surface area (Å²) in [5.74, 6) is 0.660. The number of benzene rings is 5. The van der Waals surface area contributed by atoms with Gasteiger partial charge in [-0.1, -0.05) is 80.6 Å². The van der Waals surface area contributed by atoms with E-state index in [1.54, 1.807) is 0 Å². The lowest BCUT2D eigenvalue weighted by atomic mass is 9.84. The van der Waals surface area contributed by atoms with E-state index in [1.165, 1.54) is 36.5 Å². The van der Waals surface area contributed by atoms with Crippen molar-refractivity contribution in [3.05, 3.63) is 114 Å². The number of aromatic nitrogens is 3. The Hall–Kier alpha value is -4.78. The number of rotatable bonds is 24. The van der Waals surface area contributed by atoms with Crippen LogP contribution in [0.1, 0.15) is 76.3 Å². The summed E-state index contributed by atoms with van der Waals surface area (Å²) in [7, 11) is 0. The van der Waals surface area contributed by atoms with Crippen molar-refractivity contribution in [2.24, 2.45) is 10.8 Å². The number of ether oxygens (including phenoxy) is 6. The van der Waals surface area contributed by atoms with Crippen LogP contribution in [-0.4, -0.2) is 80.6 Å². The van der Waals surface area contributed by atoms with Gasteiger partial charge in [0.2, 0.25) is 5.95 Å². The van der Waals surface area contributed by atoms with Gasteiger partial charge in [0.05, 0.1) is 75.1 Å². The van der Waals surface area contributed by atoms with Crippen molar-refractivity contribution in [2.45, 2.75) is 78.4 Å². The molecule has 5 heterocycles. The molecule has 2 saturated heterocycles. The zero-order chi connectivity index (χ0) is 44.8. The molecule has 2 aliphatic rings. The maximum absolute atomic E-state index is 6.32. The van der Waals surface area contributed by atoms with Crippen molar-refractivity contribution in [1.29, 1.82) is 0 Å². The Labute approximate surface area is 392 Å². The number of para-hydroxylation sites is 1. The summed E-state index contributed by atoms with van der Waals surface area (Å²) >= 11 is 1.86. The predicted molar refractivity (Wildman–Crippen MR) is 268 cm³/mol. The minimum Gasteiger partial charge on any atom is -0.381 e. The summed E-state index contributed by atoms with van der Waals surface area (Å²) in [6.07, 6.45) is 8.57. The quantitative estimate of drug-likeness (QED) is 0.0554. The predicted octanol–water partition coefficient (Wildman–Crippen LogP) is 13.0. The fraction of sp³-hybridized carbons (Fsp3) is 0.429. The summed E-state index contributed by atoms with van der Waals surface area (Å²) < 4.78 is 40.3. The molecule has 2 fully saturated rings. The van der Waals surface area contributed by atoms with E-state index in [0.717, 1.165) is 156 Å². The van der Waals surface area contributed by atoms with Gasteiger partial charge in [-0.15, -0.1) is 11.3 Å². The van der Waals surface area contributed by atoms with Crippen molar-refractivity contribution < 1.29 is 28.4 Å². The van der Waals surface area contributed by atoms with E-state index in [-0.39, 0.29) is 10.8 Å². The highest BCUT2D eigenvalue weighted by Gasteiger charge is 2.37. The first kappa shape index (κ1) is 45.0. The Balaban J connectivity index is 0.886. The highest BCUT2D eigenvalue weighted by atomic mass is 32.1. The molecular weight excluding hydrogens is 843 g/mol. The van der Waals surface area contributed by atoms with Crippen LogP contribution in [0.15, 0.2) is 103 Å². The lowest BCUT2D eigenvalue weighted by Gasteiger charge is -2.40. The SMILES string of the molecule is CCC1(COCCCCCOCc2ccc3sc4c(ccc5c4c4cc(COCCCCCOCC6(CC)COC6)ccc4n5-c4nc(-c5ccccc5)c5ccccc5n4)c3c2)COC1. The van der Waals surface area contributed by atoms with Crippen LogP contribution < -0.4 is 0 Å². The van der Waals surface area contributed by atoms with E-state index in [1.807, 2.05) is 17.4 Å². The lowest BCUT2D eigenvalue weighted by Crippen LogP contribution is -2.45. The van der Waals surface area contributed by atoms with Gasteiger partial charge in [0.25, 0.3) is 0 Å². The second-order valence-electron chi connectivity index (χ2n) is 18.7. The fourth-order valence-electron chi connectivity index (χ4n) is 9.50. The van der Waals surface area contributed by atoms with Gasteiger partial charge in [0.1, 0.15) is 0 Å². The smallest absolute Gasteiger partial charge is 0.235 e. The van der Waals surface area contributed by atoms with Crippen molar-refractivity contribution in [2.75, 3.05) is 66.1 Å². The molecule has 0 unspecified atom stereocenters. The lowest BCUT2D eigenvalue weighted by molar-refractivity contribution is -0.150. The van der Waals surface area contributed by atoms with Gasteiger partial charge in [0, 0.05) is 79.2 Å². The van der Waals surface area contributed by atoms with Gasteiger partial charge in [-0.05, 0) is 98.9 Å². The van der Waals surface area contributed by atoms with Crippen LogP contribution in [0.3, 0.4) is 0 Å². The molecule has 0 saturated carbocycles. The molecule has 66 heavy (non-hydrogen) atoms. The van der Waals surface area contributed by atoms with Gasteiger partial charge in [-0.2, -0.15) is 0 Å². The van der Waals surface area contributed by atoms with Crippen LogP contribution in [-0.2, 0) is 41.6 Å². The summed E-state index contributed by atoms with van der Waals surface area (Å²) in [6, 6.07) is 36.9. The second-order valence-corrected chi connectivity index (χ2v) is 19.8. The molecule has 3 aromatic heterocycles. The van der Waals surface area contributed by atoms with E-state index >= 15 is 0 Å². The first-order chi connectivity index (χ1) is 32.6. The molecule has 9 nitrogen and oxygen atoms in total. The van der Waals surface area contributed by atoms with Gasteiger partial charge in [-0.3, -0.25) is 4.57 Å². The maximum atomic E-state index is 6.32. The normalized spacial score (nSPS) is 15.6. The average Bonchev–Trinajstić information content (AvgIpc) is 3.87. The van der Waals surface area contributed by atoms with E-state index in [0.29, 0.717) is 19.2 Å². The van der Waals surface area contributed by atoms with Crippen LogP contribution in [0.5, 0.6) is 0 Å². The van der Waals surface area contributed by atoms with Crippen LogP contribution in [0.25, 0.3) is 70.1 Å². The minimum absolute atomic E-state index is 0.242. The van der Waals surface area contributed by atoms with Crippen molar-refractivity contribution in [1.82, 2.24) is 14.5 Å². The minimum atomic E-state index is 0.242. The highest BCUT2D eigenvalue weighted by molar-refractivity contribution is 7.26. The molecule has 5 aromatic carbocycles. The summed E-state index contributed by atoms with van der Waals surface area (Å²) in [5, 5.41) is 5.94. The van der Waals surface area contributed by atoms with Crippen molar-refractivity contribution in [3.8, 4) is 17.2 Å². The standard InChI is InChI=1S/C56H63N3O6S/c1-3-55(36-64-37-55)34-62-28-14-6-12-26-60-32-40-20-23-48-46(31-40)51-49(59(48)54-57-47-19-11-10-18-44(47)52(58-54)42-16-8-5-9-17-42)24-22-43-45-30-41(21-25-50(45)66-53(43)51)33-61-27-13-7-15-29-63-35-56(4-2)38-65-39-56/h5,8-11,16-25,30-31H,3-4,6-7,12-15,26-29,32-39H2,1-2H3. The third-order valence-corrected chi connectivity index (χ3v) is 15.2. The van der Waals surface area contributed by atoms with Gasteiger partial charge < -0.3 is 28.4 Å². The van der Waals surface area contributed by atoms with E-state index in [2.05, 4.69) is 115 Å². The highest BCUT2D eigenvalue weighted by Crippen LogP contribution is 2.44. The molecule has 10 heteroatoms. The van der Waals surface area contributed by atoms with Crippen LogP contribution in [0.2, 0.25) is 0 Å². The molecule has 10 rings (SSSR count). The van der Waals surface area contributed by atoms with Crippen LogP contribution >= 0.6 is 11.3 Å². The van der Waals surface area contributed by atoms with Gasteiger partial charge in [0.15, 0.2) is 0 Å². The Bertz CT molecular complexity index is 2890. The first-order valence-corrected chi connectivity index (χ1v) is 25.1. The van der Waals surface area contributed by atoms with Crippen LogP contribution in [0, 0.1) is 10.8 Å². The number of hydrogen-bond donors (Lipinski definition) is 0. The Kier molecular flexibility index (Phi) is 14.1.